The third-order valence-electron chi connectivity index (χ3n) is 0.699. The standard InChI is InChI=1S/C6H10O3.Ca/c1-3-9-6(8)4-5(2)7;/h3-4H2,1-2H3;. The van der Waals surface area contributed by atoms with Crippen molar-refractivity contribution >= 4 is 49.5 Å². The zero-order chi connectivity index (χ0) is 7.28. The van der Waals surface area contributed by atoms with E-state index in [0.717, 1.165) is 0 Å². The van der Waals surface area contributed by atoms with Crippen molar-refractivity contribution in [3.8, 4) is 0 Å². The first-order valence-corrected chi connectivity index (χ1v) is 2.82. The molecule has 0 aromatic heterocycles. The Bertz CT molecular complexity index is 122. The zero-order valence-corrected chi connectivity index (χ0v) is 8.55. The molecule has 0 aliphatic carbocycles. The molecule has 0 aromatic carbocycles. The van der Waals surface area contributed by atoms with Gasteiger partial charge < -0.3 is 4.74 Å². The van der Waals surface area contributed by atoms with E-state index in [1.165, 1.54) is 6.92 Å². The number of carbonyl (C=O) groups excluding carboxylic acids is 2. The van der Waals surface area contributed by atoms with Gasteiger partial charge in [-0.3, -0.25) is 9.59 Å². The second-order valence-corrected chi connectivity index (χ2v) is 1.68. The number of hydrogen-bond donors (Lipinski definition) is 0. The predicted molar refractivity (Wildman–Crippen MR) is 37.7 cm³/mol. The fourth-order valence-electron chi connectivity index (χ4n) is 0.415. The molecule has 0 aromatic rings. The third kappa shape index (κ3) is 8.40. The van der Waals surface area contributed by atoms with E-state index in [2.05, 4.69) is 4.74 Å². The van der Waals surface area contributed by atoms with Crippen LogP contribution < -0.4 is 0 Å². The Balaban J connectivity index is 0. The van der Waals surface area contributed by atoms with E-state index in [4.69, 9.17) is 0 Å². The van der Waals surface area contributed by atoms with Gasteiger partial charge in [0.15, 0.2) is 0 Å². The van der Waals surface area contributed by atoms with E-state index < -0.39 is 5.97 Å². The molecular weight excluding hydrogens is 160 g/mol. The van der Waals surface area contributed by atoms with Crippen molar-refractivity contribution in [3.63, 3.8) is 0 Å². The Kier molecular flexibility index (Phi) is 9.78. The normalized spacial score (nSPS) is 7.80. The van der Waals surface area contributed by atoms with E-state index in [9.17, 15) is 9.59 Å². The Morgan fingerprint density at radius 3 is 2.20 bits per heavy atom. The first-order chi connectivity index (χ1) is 4.16. The van der Waals surface area contributed by atoms with Crippen molar-refractivity contribution < 1.29 is 14.3 Å². The van der Waals surface area contributed by atoms with Crippen molar-refractivity contribution in [3.05, 3.63) is 0 Å². The number of rotatable bonds is 3. The molecule has 0 amide bonds. The molecule has 0 bridgehead atoms. The van der Waals surface area contributed by atoms with E-state index in [1.807, 2.05) is 0 Å². The van der Waals surface area contributed by atoms with Crippen LogP contribution in [0.3, 0.4) is 0 Å². The average molecular weight is 170 g/mol. The SMILES string of the molecule is CCOC(=O)CC(C)=O.[Ca]. The van der Waals surface area contributed by atoms with Gasteiger partial charge in [-0.15, -0.1) is 0 Å². The van der Waals surface area contributed by atoms with Crippen LogP contribution in [-0.2, 0) is 14.3 Å². The number of carbonyl (C=O) groups is 2. The van der Waals surface area contributed by atoms with Gasteiger partial charge in [-0.2, -0.15) is 0 Å². The summed E-state index contributed by atoms with van der Waals surface area (Å²) in [5.41, 5.74) is 0. The average Bonchev–Trinajstić information content (AvgIpc) is 1.63. The molecule has 0 spiro atoms. The zero-order valence-electron chi connectivity index (χ0n) is 6.35. The van der Waals surface area contributed by atoms with Gasteiger partial charge in [-0.05, 0) is 13.8 Å². The third-order valence-corrected chi connectivity index (χ3v) is 0.699. The largest absolute Gasteiger partial charge is 0.466 e. The summed E-state index contributed by atoms with van der Waals surface area (Å²) in [7, 11) is 0. The fraction of sp³-hybridized carbons (Fsp3) is 0.667. The van der Waals surface area contributed by atoms with Crippen LogP contribution in [0.5, 0.6) is 0 Å². The summed E-state index contributed by atoms with van der Waals surface area (Å²) in [4.78, 5) is 20.6. The number of ether oxygens (including phenoxy) is 1. The van der Waals surface area contributed by atoms with E-state index >= 15 is 0 Å². The van der Waals surface area contributed by atoms with Crippen molar-refractivity contribution in [1.29, 1.82) is 0 Å². The van der Waals surface area contributed by atoms with Crippen LogP contribution in [0, 0.1) is 0 Å². The quantitative estimate of drug-likeness (QED) is 0.344. The first-order valence-electron chi connectivity index (χ1n) is 2.82. The molecule has 54 valence electrons. The maximum Gasteiger partial charge on any atom is 0.313 e. The topological polar surface area (TPSA) is 43.4 Å². The van der Waals surface area contributed by atoms with Gasteiger partial charge in [-0.25, -0.2) is 0 Å². The summed E-state index contributed by atoms with van der Waals surface area (Å²) in [6.45, 7) is 3.40. The number of hydrogen-bond acceptors (Lipinski definition) is 3. The summed E-state index contributed by atoms with van der Waals surface area (Å²) in [5, 5.41) is 0. The summed E-state index contributed by atoms with van der Waals surface area (Å²) >= 11 is 0. The smallest absolute Gasteiger partial charge is 0.313 e. The summed E-state index contributed by atoms with van der Waals surface area (Å²) in [5.74, 6) is -0.599. The van der Waals surface area contributed by atoms with Crippen LogP contribution in [0.2, 0.25) is 0 Å². The molecule has 3 nitrogen and oxygen atoms in total. The molecule has 0 saturated heterocycles. The molecule has 2 radical (unpaired) electrons. The Hall–Kier alpha value is 0.400. The van der Waals surface area contributed by atoms with E-state index in [-0.39, 0.29) is 49.9 Å². The minimum Gasteiger partial charge on any atom is -0.466 e. The molecular formula is C6H10CaO3. The second-order valence-electron chi connectivity index (χ2n) is 1.68. The van der Waals surface area contributed by atoms with Crippen LogP contribution in [0.15, 0.2) is 0 Å². The monoisotopic (exact) mass is 170 g/mol. The molecule has 0 aliphatic rings. The van der Waals surface area contributed by atoms with E-state index in [0.29, 0.717) is 6.61 Å². The molecule has 0 atom stereocenters. The minimum absolute atomic E-state index is 0. The van der Waals surface area contributed by atoms with Crippen LogP contribution in [0.1, 0.15) is 20.3 Å². The Labute approximate surface area is 90.1 Å². The number of ketones is 1. The number of esters is 1. The van der Waals surface area contributed by atoms with Crippen LogP contribution in [0.4, 0.5) is 0 Å². The molecule has 0 aliphatic heterocycles. The van der Waals surface area contributed by atoms with Crippen LogP contribution in [0.25, 0.3) is 0 Å². The van der Waals surface area contributed by atoms with Gasteiger partial charge in [0.1, 0.15) is 12.2 Å². The van der Waals surface area contributed by atoms with Gasteiger partial charge in [0, 0.05) is 37.7 Å². The van der Waals surface area contributed by atoms with Crippen molar-refractivity contribution in [2.45, 2.75) is 20.3 Å². The minimum atomic E-state index is -0.440. The molecule has 0 saturated carbocycles. The van der Waals surface area contributed by atoms with Gasteiger partial charge >= 0.3 is 5.97 Å². The fourth-order valence-corrected chi connectivity index (χ4v) is 0.415. The van der Waals surface area contributed by atoms with Gasteiger partial charge in [0.2, 0.25) is 0 Å². The summed E-state index contributed by atoms with van der Waals surface area (Å²) in [6, 6.07) is 0. The first kappa shape index (κ1) is 13.0. The van der Waals surface area contributed by atoms with E-state index in [1.54, 1.807) is 6.92 Å². The Morgan fingerprint density at radius 2 is 1.90 bits per heavy atom. The maximum absolute atomic E-state index is 10.4. The summed E-state index contributed by atoms with van der Waals surface area (Å²) in [6.07, 6.45) is -0.103. The molecule has 0 rings (SSSR count). The van der Waals surface area contributed by atoms with Gasteiger partial charge in [0.25, 0.3) is 0 Å². The van der Waals surface area contributed by atoms with Crippen LogP contribution >= 0.6 is 0 Å². The maximum atomic E-state index is 10.4. The molecule has 0 heterocycles. The van der Waals surface area contributed by atoms with Crippen molar-refractivity contribution in [2.24, 2.45) is 0 Å². The van der Waals surface area contributed by atoms with Crippen LogP contribution in [-0.4, -0.2) is 56.1 Å². The molecule has 0 unspecified atom stereocenters. The molecule has 10 heavy (non-hydrogen) atoms. The molecule has 0 N–H and O–H groups in total. The molecule has 4 heteroatoms. The van der Waals surface area contributed by atoms with Gasteiger partial charge in [0.05, 0.1) is 6.61 Å². The second kappa shape index (κ2) is 7.51. The summed E-state index contributed by atoms with van der Waals surface area (Å²) < 4.78 is 4.49. The predicted octanol–water partition coefficient (Wildman–Crippen LogP) is 0.148. The molecule has 0 fully saturated rings. The van der Waals surface area contributed by atoms with Crippen molar-refractivity contribution in [2.75, 3.05) is 6.61 Å². The Morgan fingerprint density at radius 1 is 1.40 bits per heavy atom. The van der Waals surface area contributed by atoms with Gasteiger partial charge in [-0.1, -0.05) is 0 Å². The van der Waals surface area contributed by atoms with Crippen molar-refractivity contribution in [1.82, 2.24) is 0 Å². The number of Topliss-reactive ketones (excluding diaryl/α,β-unsaturated/α-hetero) is 1.